The van der Waals surface area contributed by atoms with Crippen molar-refractivity contribution in [3.63, 3.8) is 0 Å². The van der Waals surface area contributed by atoms with E-state index in [1.807, 2.05) is 20.8 Å². The predicted octanol–water partition coefficient (Wildman–Crippen LogP) is 3.94. The minimum atomic E-state index is -0.552. The number of carbonyl (C=O) groups is 1. The molecule has 1 aliphatic rings. The lowest BCUT2D eigenvalue weighted by molar-refractivity contribution is -0.159. The Labute approximate surface area is 123 Å². The first kappa shape index (κ1) is 14.9. The topological polar surface area (TPSA) is 58.9 Å². The molecule has 108 valence electrons. The Morgan fingerprint density at radius 3 is 2.75 bits per heavy atom. The van der Waals surface area contributed by atoms with Gasteiger partial charge in [-0.15, -0.1) is 0 Å². The highest BCUT2D eigenvalue weighted by atomic mass is 35.5. The van der Waals surface area contributed by atoms with Crippen molar-refractivity contribution in [1.82, 2.24) is 0 Å². The summed E-state index contributed by atoms with van der Waals surface area (Å²) in [6, 6.07) is 5.30. The van der Waals surface area contributed by atoms with Crippen LogP contribution >= 0.6 is 11.6 Å². The summed E-state index contributed by atoms with van der Waals surface area (Å²) in [5, 5.41) is 12.9. The van der Waals surface area contributed by atoms with Crippen molar-refractivity contribution < 1.29 is 14.7 Å². The van der Waals surface area contributed by atoms with Gasteiger partial charge in [-0.25, -0.2) is 0 Å². The Morgan fingerprint density at radius 1 is 1.45 bits per heavy atom. The molecule has 0 saturated heterocycles. The maximum Gasteiger partial charge on any atom is 0.311 e. The molecule has 0 saturated carbocycles. The van der Waals surface area contributed by atoms with Gasteiger partial charge in [-0.2, -0.15) is 0 Å². The highest BCUT2D eigenvalue weighted by Crippen LogP contribution is 2.36. The molecule has 1 unspecified atom stereocenters. The molecule has 0 spiro atoms. The lowest BCUT2D eigenvalue weighted by atomic mass is 9.87. The van der Waals surface area contributed by atoms with Crippen molar-refractivity contribution in [2.24, 2.45) is 10.6 Å². The summed E-state index contributed by atoms with van der Waals surface area (Å²) in [5.74, 6) is -0.252. The molecular weight excluding hydrogens is 278 g/mol. The summed E-state index contributed by atoms with van der Waals surface area (Å²) in [6.45, 7) is 5.45. The number of carbonyl (C=O) groups excluding carboxylic acids is 1. The van der Waals surface area contributed by atoms with Crippen LogP contribution in [0.3, 0.4) is 0 Å². The standard InChI is InChI=1S/C15H18ClNO3/c1-15(2,3)14(18)20-13-7-6-12(17-19)10-5-4-9(16)8-11(10)13/h4-5,8,13,19H,6-7H2,1-3H3. The first-order chi connectivity index (χ1) is 9.32. The first-order valence-electron chi connectivity index (χ1n) is 6.55. The lowest BCUT2D eigenvalue weighted by Crippen LogP contribution is -2.27. The molecule has 2 rings (SSSR count). The number of benzene rings is 1. The van der Waals surface area contributed by atoms with Gasteiger partial charge in [0.2, 0.25) is 0 Å². The SMILES string of the molecule is CC(C)(C)C(=O)OC1CCC(=NO)c2ccc(Cl)cc21. The second-order valence-corrected chi connectivity index (χ2v) is 6.40. The molecule has 1 aromatic rings. The number of oxime groups is 1. The van der Waals surface area contributed by atoms with E-state index in [9.17, 15) is 4.79 Å². The number of hydrogen-bond donors (Lipinski definition) is 1. The number of halogens is 1. The molecule has 5 heteroatoms. The van der Waals surface area contributed by atoms with E-state index in [2.05, 4.69) is 5.16 Å². The van der Waals surface area contributed by atoms with E-state index >= 15 is 0 Å². The van der Waals surface area contributed by atoms with Crippen LogP contribution < -0.4 is 0 Å². The van der Waals surface area contributed by atoms with Crippen LogP contribution in [0.15, 0.2) is 23.4 Å². The van der Waals surface area contributed by atoms with Crippen LogP contribution in [0.2, 0.25) is 5.02 Å². The Kier molecular flexibility index (Phi) is 4.04. The molecule has 0 fully saturated rings. The van der Waals surface area contributed by atoms with Crippen LogP contribution in [0.4, 0.5) is 0 Å². The van der Waals surface area contributed by atoms with E-state index in [0.29, 0.717) is 23.6 Å². The van der Waals surface area contributed by atoms with Crippen LogP contribution in [0.5, 0.6) is 0 Å². The molecule has 1 aliphatic carbocycles. The van der Waals surface area contributed by atoms with Crippen LogP contribution in [0.1, 0.15) is 50.8 Å². The van der Waals surface area contributed by atoms with Gasteiger partial charge in [0.15, 0.2) is 0 Å². The quantitative estimate of drug-likeness (QED) is 0.485. The summed E-state index contributed by atoms with van der Waals surface area (Å²) in [7, 11) is 0. The number of ether oxygens (including phenoxy) is 1. The monoisotopic (exact) mass is 295 g/mol. The van der Waals surface area contributed by atoms with Crippen molar-refractivity contribution in [2.75, 3.05) is 0 Å². The maximum atomic E-state index is 12.0. The highest BCUT2D eigenvalue weighted by Gasteiger charge is 2.31. The smallest absolute Gasteiger partial charge is 0.311 e. The Bertz CT molecular complexity index is 561. The average Bonchev–Trinajstić information content (AvgIpc) is 2.38. The molecule has 1 aromatic carbocycles. The van der Waals surface area contributed by atoms with Gasteiger partial charge < -0.3 is 9.94 Å². The second-order valence-electron chi connectivity index (χ2n) is 5.96. The summed E-state index contributed by atoms with van der Waals surface area (Å²) in [6.07, 6.45) is 0.808. The molecule has 1 atom stereocenters. The predicted molar refractivity (Wildman–Crippen MR) is 77.3 cm³/mol. The Balaban J connectivity index is 2.34. The van der Waals surface area contributed by atoms with Gasteiger partial charge in [0.25, 0.3) is 0 Å². The van der Waals surface area contributed by atoms with Gasteiger partial charge in [0.1, 0.15) is 6.10 Å². The lowest BCUT2D eigenvalue weighted by Gasteiger charge is -2.28. The van der Waals surface area contributed by atoms with Crippen LogP contribution in [-0.4, -0.2) is 16.9 Å². The molecule has 0 bridgehead atoms. The zero-order valence-corrected chi connectivity index (χ0v) is 12.6. The zero-order valence-electron chi connectivity index (χ0n) is 11.8. The van der Waals surface area contributed by atoms with E-state index in [1.54, 1.807) is 18.2 Å². The molecule has 0 radical (unpaired) electrons. The van der Waals surface area contributed by atoms with Crippen LogP contribution in [-0.2, 0) is 9.53 Å². The minimum absolute atomic E-state index is 0.252. The van der Waals surface area contributed by atoms with E-state index in [-0.39, 0.29) is 12.1 Å². The normalized spacial score (nSPS) is 20.6. The highest BCUT2D eigenvalue weighted by molar-refractivity contribution is 6.30. The summed E-state index contributed by atoms with van der Waals surface area (Å²) >= 11 is 6.02. The molecule has 1 N–H and O–H groups in total. The molecule has 20 heavy (non-hydrogen) atoms. The fraction of sp³-hybridized carbons (Fsp3) is 0.467. The first-order valence-corrected chi connectivity index (χ1v) is 6.92. The Morgan fingerprint density at radius 2 is 2.15 bits per heavy atom. The van der Waals surface area contributed by atoms with Gasteiger partial charge in [-0.3, -0.25) is 4.79 Å². The summed E-state index contributed by atoms with van der Waals surface area (Å²) in [5.41, 5.74) is 1.63. The van der Waals surface area contributed by atoms with Crippen molar-refractivity contribution in [1.29, 1.82) is 0 Å². The number of esters is 1. The zero-order chi connectivity index (χ0) is 14.9. The van der Waals surface area contributed by atoms with Crippen molar-refractivity contribution in [3.8, 4) is 0 Å². The third-order valence-corrected chi connectivity index (χ3v) is 3.53. The number of fused-ring (bicyclic) bond motifs is 1. The van der Waals surface area contributed by atoms with E-state index in [4.69, 9.17) is 21.5 Å². The fourth-order valence-corrected chi connectivity index (χ4v) is 2.33. The van der Waals surface area contributed by atoms with Gasteiger partial charge >= 0.3 is 5.97 Å². The molecule has 0 aromatic heterocycles. The second kappa shape index (κ2) is 5.44. The third kappa shape index (κ3) is 2.96. The number of rotatable bonds is 1. The van der Waals surface area contributed by atoms with Crippen LogP contribution in [0, 0.1) is 5.41 Å². The molecule has 4 nitrogen and oxygen atoms in total. The molecular formula is C15H18ClNO3. The molecule has 0 aliphatic heterocycles. The van der Waals surface area contributed by atoms with E-state index < -0.39 is 5.41 Å². The van der Waals surface area contributed by atoms with Gasteiger partial charge in [-0.05, 0) is 45.7 Å². The van der Waals surface area contributed by atoms with Crippen LogP contribution in [0.25, 0.3) is 0 Å². The van der Waals surface area contributed by atoms with Gasteiger partial charge in [-0.1, -0.05) is 22.8 Å². The fourth-order valence-electron chi connectivity index (χ4n) is 2.15. The third-order valence-electron chi connectivity index (χ3n) is 3.30. The molecule has 0 amide bonds. The molecule has 0 heterocycles. The maximum absolute atomic E-state index is 12.0. The average molecular weight is 296 g/mol. The van der Waals surface area contributed by atoms with Gasteiger partial charge in [0.05, 0.1) is 11.1 Å². The number of nitrogens with zero attached hydrogens (tertiary/aromatic N) is 1. The van der Waals surface area contributed by atoms with Gasteiger partial charge in [0, 0.05) is 16.1 Å². The summed E-state index contributed by atoms with van der Waals surface area (Å²) < 4.78 is 5.60. The Hall–Kier alpha value is -1.55. The van der Waals surface area contributed by atoms with Crippen molar-refractivity contribution in [2.45, 2.75) is 39.7 Å². The van der Waals surface area contributed by atoms with E-state index in [1.165, 1.54) is 0 Å². The number of hydrogen-bond acceptors (Lipinski definition) is 4. The van der Waals surface area contributed by atoms with Crippen molar-refractivity contribution in [3.05, 3.63) is 34.3 Å². The summed E-state index contributed by atoms with van der Waals surface area (Å²) in [4.78, 5) is 12.0. The van der Waals surface area contributed by atoms with E-state index in [0.717, 1.165) is 11.1 Å². The largest absolute Gasteiger partial charge is 0.457 e. The van der Waals surface area contributed by atoms with Crippen molar-refractivity contribution >= 4 is 23.3 Å². The minimum Gasteiger partial charge on any atom is -0.457 e.